The van der Waals surface area contributed by atoms with E-state index in [1.807, 2.05) is 6.92 Å². The van der Waals surface area contributed by atoms with Crippen LogP contribution in [0.1, 0.15) is 45.6 Å². The molecule has 0 bridgehead atoms. The highest BCUT2D eigenvalue weighted by atomic mass is 19.1. The molecule has 0 aliphatic heterocycles. The van der Waals surface area contributed by atoms with Gasteiger partial charge in [-0.25, -0.2) is 8.78 Å². The summed E-state index contributed by atoms with van der Waals surface area (Å²) in [5.74, 6) is -0.329. The van der Waals surface area contributed by atoms with Crippen LogP contribution in [0, 0.1) is 23.5 Å². The lowest BCUT2D eigenvalue weighted by molar-refractivity contribution is 0.0926. The van der Waals surface area contributed by atoms with Gasteiger partial charge < -0.3 is 10.5 Å². The SMILES string of the molecule is CC(N)Cc1cc(F)c(OC2CCC(C)C(C)C2)c(F)c1. The summed E-state index contributed by atoms with van der Waals surface area (Å²) in [6, 6.07) is 2.53. The van der Waals surface area contributed by atoms with E-state index >= 15 is 0 Å². The third-order valence-corrected chi connectivity index (χ3v) is 4.45. The first-order valence-corrected chi connectivity index (χ1v) is 7.77. The number of benzene rings is 1. The van der Waals surface area contributed by atoms with Gasteiger partial charge in [0, 0.05) is 6.04 Å². The molecule has 4 unspecified atom stereocenters. The van der Waals surface area contributed by atoms with Crippen molar-refractivity contribution >= 4 is 0 Å². The van der Waals surface area contributed by atoms with Crippen LogP contribution in [0.5, 0.6) is 5.75 Å². The fraction of sp³-hybridized carbons (Fsp3) is 0.647. The molecule has 1 aliphatic rings. The Hall–Kier alpha value is -1.16. The Bertz CT molecular complexity index is 467. The van der Waals surface area contributed by atoms with Crippen molar-refractivity contribution in [1.29, 1.82) is 0 Å². The van der Waals surface area contributed by atoms with E-state index in [-0.39, 0.29) is 17.9 Å². The van der Waals surface area contributed by atoms with E-state index in [1.165, 1.54) is 12.1 Å². The van der Waals surface area contributed by atoms with E-state index in [1.54, 1.807) is 0 Å². The number of ether oxygens (including phenoxy) is 1. The first-order valence-electron chi connectivity index (χ1n) is 7.77. The minimum Gasteiger partial charge on any atom is -0.484 e. The Balaban J connectivity index is 2.10. The average Bonchev–Trinajstić information content (AvgIpc) is 2.37. The van der Waals surface area contributed by atoms with Gasteiger partial charge in [0.2, 0.25) is 0 Å². The summed E-state index contributed by atoms with van der Waals surface area (Å²) in [5, 5.41) is 0. The molecule has 0 heterocycles. The van der Waals surface area contributed by atoms with Crippen LogP contribution >= 0.6 is 0 Å². The van der Waals surface area contributed by atoms with Crippen LogP contribution in [0.2, 0.25) is 0 Å². The Morgan fingerprint density at radius 2 is 1.81 bits per heavy atom. The maximum Gasteiger partial charge on any atom is 0.191 e. The maximum absolute atomic E-state index is 14.1. The van der Waals surface area contributed by atoms with Crippen molar-refractivity contribution in [3.8, 4) is 5.75 Å². The predicted molar refractivity (Wildman–Crippen MR) is 80.3 cm³/mol. The summed E-state index contributed by atoms with van der Waals surface area (Å²) in [4.78, 5) is 0. The van der Waals surface area contributed by atoms with E-state index in [0.717, 1.165) is 19.3 Å². The molecule has 2 N–H and O–H groups in total. The highest BCUT2D eigenvalue weighted by Crippen LogP contribution is 2.33. The molecule has 4 atom stereocenters. The van der Waals surface area contributed by atoms with E-state index in [0.29, 0.717) is 23.8 Å². The van der Waals surface area contributed by atoms with E-state index in [4.69, 9.17) is 10.5 Å². The maximum atomic E-state index is 14.1. The largest absolute Gasteiger partial charge is 0.484 e. The van der Waals surface area contributed by atoms with Crippen LogP contribution in [-0.4, -0.2) is 12.1 Å². The Kier molecular flexibility index (Phi) is 5.20. The van der Waals surface area contributed by atoms with Crippen molar-refractivity contribution < 1.29 is 13.5 Å². The minimum atomic E-state index is -0.628. The Labute approximate surface area is 125 Å². The number of nitrogens with two attached hydrogens (primary N) is 1. The van der Waals surface area contributed by atoms with Crippen molar-refractivity contribution in [2.75, 3.05) is 0 Å². The molecule has 4 heteroatoms. The van der Waals surface area contributed by atoms with Crippen molar-refractivity contribution in [3.63, 3.8) is 0 Å². The molecule has 0 amide bonds. The van der Waals surface area contributed by atoms with Crippen molar-refractivity contribution in [2.24, 2.45) is 17.6 Å². The first-order chi connectivity index (χ1) is 9.86. The molecule has 1 aromatic carbocycles. The summed E-state index contributed by atoms with van der Waals surface area (Å²) in [6.07, 6.45) is 3.09. The van der Waals surface area contributed by atoms with Crippen LogP contribution in [0.15, 0.2) is 12.1 Å². The lowest BCUT2D eigenvalue weighted by Crippen LogP contribution is -2.29. The van der Waals surface area contributed by atoms with Crippen LogP contribution < -0.4 is 10.5 Å². The van der Waals surface area contributed by atoms with E-state index in [2.05, 4.69) is 13.8 Å². The van der Waals surface area contributed by atoms with Gasteiger partial charge in [-0.3, -0.25) is 0 Å². The first kappa shape index (κ1) is 16.2. The second-order valence-corrected chi connectivity index (χ2v) is 6.58. The topological polar surface area (TPSA) is 35.2 Å². The number of rotatable bonds is 4. The normalized spacial score (nSPS) is 27.4. The van der Waals surface area contributed by atoms with Crippen molar-refractivity contribution in [2.45, 2.75) is 58.6 Å². The van der Waals surface area contributed by atoms with Gasteiger partial charge in [0.05, 0.1) is 6.10 Å². The molecule has 0 radical (unpaired) electrons. The van der Waals surface area contributed by atoms with Crippen molar-refractivity contribution in [1.82, 2.24) is 0 Å². The summed E-state index contributed by atoms with van der Waals surface area (Å²) in [7, 11) is 0. The second-order valence-electron chi connectivity index (χ2n) is 6.58. The van der Waals surface area contributed by atoms with Gasteiger partial charge in [-0.15, -0.1) is 0 Å². The van der Waals surface area contributed by atoms with Crippen LogP contribution in [-0.2, 0) is 6.42 Å². The van der Waals surface area contributed by atoms with Crippen molar-refractivity contribution in [3.05, 3.63) is 29.3 Å². The molecule has 1 aliphatic carbocycles. The lowest BCUT2D eigenvalue weighted by atomic mass is 9.80. The standard InChI is InChI=1S/C17H25F2NO/c1-10-4-5-14(6-11(10)2)21-17-15(18)8-13(7-12(3)20)9-16(17)19/h8-12,14H,4-7,20H2,1-3H3. The molecular formula is C17H25F2NO. The van der Waals surface area contributed by atoms with Crippen LogP contribution in [0.25, 0.3) is 0 Å². The molecule has 0 aromatic heterocycles. The molecule has 21 heavy (non-hydrogen) atoms. The number of hydrogen-bond donors (Lipinski definition) is 1. The molecule has 118 valence electrons. The third kappa shape index (κ3) is 4.16. The van der Waals surface area contributed by atoms with Gasteiger partial charge in [-0.2, -0.15) is 0 Å². The highest BCUT2D eigenvalue weighted by Gasteiger charge is 2.27. The molecule has 2 rings (SSSR count). The molecular weight excluding hydrogens is 272 g/mol. The molecule has 0 spiro atoms. The highest BCUT2D eigenvalue weighted by molar-refractivity contribution is 5.32. The fourth-order valence-electron chi connectivity index (χ4n) is 2.99. The third-order valence-electron chi connectivity index (χ3n) is 4.45. The molecule has 1 fully saturated rings. The van der Waals surface area contributed by atoms with Gasteiger partial charge in [-0.1, -0.05) is 13.8 Å². The van der Waals surface area contributed by atoms with Gasteiger partial charge in [0.1, 0.15) is 0 Å². The Morgan fingerprint density at radius 1 is 1.19 bits per heavy atom. The van der Waals surface area contributed by atoms with Gasteiger partial charge in [0.25, 0.3) is 0 Å². The fourth-order valence-corrected chi connectivity index (χ4v) is 2.99. The monoisotopic (exact) mass is 297 g/mol. The van der Waals surface area contributed by atoms with Gasteiger partial charge >= 0.3 is 0 Å². The lowest BCUT2D eigenvalue weighted by Gasteiger charge is -2.32. The van der Waals surface area contributed by atoms with Crippen LogP contribution in [0.4, 0.5) is 8.78 Å². The predicted octanol–water partition coefficient (Wildman–Crippen LogP) is 4.06. The molecule has 0 saturated heterocycles. The van der Waals surface area contributed by atoms with E-state index in [9.17, 15) is 8.78 Å². The second kappa shape index (κ2) is 6.73. The summed E-state index contributed by atoms with van der Waals surface area (Å²) in [5.41, 5.74) is 6.23. The summed E-state index contributed by atoms with van der Waals surface area (Å²) >= 11 is 0. The average molecular weight is 297 g/mol. The van der Waals surface area contributed by atoms with Gasteiger partial charge in [0.15, 0.2) is 17.4 Å². The van der Waals surface area contributed by atoms with Crippen LogP contribution in [0.3, 0.4) is 0 Å². The summed E-state index contributed by atoms with van der Waals surface area (Å²) < 4.78 is 33.8. The molecule has 2 nitrogen and oxygen atoms in total. The zero-order valence-electron chi connectivity index (χ0n) is 13.0. The Morgan fingerprint density at radius 3 is 2.33 bits per heavy atom. The minimum absolute atomic E-state index is 0.0977. The van der Waals surface area contributed by atoms with E-state index < -0.39 is 11.6 Å². The van der Waals surface area contributed by atoms with Gasteiger partial charge in [-0.05, 0) is 62.1 Å². The quantitative estimate of drug-likeness (QED) is 0.909. The zero-order chi connectivity index (χ0) is 15.6. The number of halogens is 2. The zero-order valence-corrected chi connectivity index (χ0v) is 13.0. The smallest absolute Gasteiger partial charge is 0.191 e. The molecule has 1 saturated carbocycles. The molecule has 1 aromatic rings. The summed E-state index contributed by atoms with van der Waals surface area (Å²) in [6.45, 7) is 6.19. The number of hydrogen-bond acceptors (Lipinski definition) is 2.